The second-order valence-corrected chi connectivity index (χ2v) is 5.39. The van der Waals surface area contributed by atoms with Gasteiger partial charge in [-0.2, -0.15) is 0 Å². The minimum Gasteiger partial charge on any atom is -0.396 e. The molecule has 1 nitrogen and oxygen atoms in total. The van der Waals surface area contributed by atoms with Gasteiger partial charge >= 0.3 is 0 Å². The van der Waals surface area contributed by atoms with Crippen LogP contribution < -0.4 is 0 Å². The van der Waals surface area contributed by atoms with Gasteiger partial charge in [-0.05, 0) is 32.1 Å². The molecule has 0 aromatic heterocycles. The second-order valence-electron chi connectivity index (χ2n) is 5.39. The molecule has 0 spiro atoms. The lowest BCUT2D eigenvalue weighted by Crippen LogP contribution is -1.82. The van der Waals surface area contributed by atoms with Gasteiger partial charge in [-0.1, -0.05) is 69.6 Å². The predicted molar refractivity (Wildman–Crippen MR) is 86.4 cm³/mol. The fourth-order valence-electron chi connectivity index (χ4n) is 2.28. The summed E-state index contributed by atoms with van der Waals surface area (Å²) in [5.74, 6) is 0. The number of hydrogen-bond donors (Lipinski definition) is 1. The minimum absolute atomic E-state index is 0.282. The molecule has 0 aliphatic heterocycles. The summed E-state index contributed by atoms with van der Waals surface area (Å²) in [6, 6.07) is 0. The monoisotopic (exact) mass is 266 g/mol. The van der Waals surface area contributed by atoms with Crippen molar-refractivity contribution < 1.29 is 5.11 Å². The van der Waals surface area contributed by atoms with Crippen molar-refractivity contribution >= 4 is 0 Å². The van der Waals surface area contributed by atoms with Gasteiger partial charge in [-0.25, -0.2) is 0 Å². The van der Waals surface area contributed by atoms with Gasteiger partial charge in [-0.3, -0.25) is 0 Å². The Hall–Kier alpha value is -0.560. The molecule has 0 atom stereocenters. The summed E-state index contributed by atoms with van der Waals surface area (Å²) in [6.45, 7) is 4.03. The highest BCUT2D eigenvalue weighted by Gasteiger charge is 1.92. The molecule has 0 heterocycles. The lowest BCUT2D eigenvalue weighted by atomic mass is 10.1. The first kappa shape index (κ1) is 18.4. The van der Waals surface area contributed by atoms with E-state index in [9.17, 15) is 0 Å². The molecule has 0 fully saturated rings. The van der Waals surface area contributed by atoms with E-state index in [4.69, 9.17) is 5.11 Å². The van der Waals surface area contributed by atoms with Gasteiger partial charge in [-0.15, -0.1) is 6.58 Å². The van der Waals surface area contributed by atoms with E-state index in [1.54, 1.807) is 0 Å². The molecule has 0 aliphatic rings. The van der Waals surface area contributed by atoms with Crippen LogP contribution in [0.15, 0.2) is 24.8 Å². The fourth-order valence-corrected chi connectivity index (χ4v) is 2.28. The number of rotatable bonds is 15. The zero-order valence-corrected chi connectivity index (χ0v) is 12.8. The number of aliphatic hydroxyl groups excluding tert-OH is 1. The molecule has 0 saturated heterocycles. The second kappa shape index (κ2) is 17.4. The zero-order valence-electron chi connectivity index (χ0n) is 12.8. The molecule has 0 aromatic carbocycles. The molecule has 0 aliphatic carbocycles. The predicted octanol–water partition coefficient (Wildman–Crippen LogP) is 5.79. The first-order valence-corrected chi connectivity index (χ1v) is 8.28. The third kappa shape index (κ3) is 17.4. The maximum absolute atomic E-state index is 8.61. The Labute approximate surface area is 120 Å². The van der Waals surface area contributed by atoms with Gasteiger partial charge in [0.1, 0.15) is 0 Å². The molecule has 112 valence electrons. The summed E-state index contributed by atoms with van der Waals surface area (Å²) in [7, 11) is 0. The average molecular weight is 266 g/mol. The molecule has 1 heteroatoms. The number of allylic oxidation sites excluding steroid dienone is 2. The molecule has 0 rings (SSSR count). The van der Waals surface area contributed by atoms with Gasteiger partial charge in [0.15, 0.2) is 0 Å². The number of aliphatic hydroxyl groups is 1. The Balaban J connectivity index is 2.97. The lowest BCUT2D eigenvalue weighted by molar-refractivity contribution is 0.302. The highest BCUT2D eigenvalue weighted by atomic mass is 16.2. The van der Waals surface area contributed by atoms with Crippen LogP contribution >= 0.6 is 0 Å². The van der Waals surface area contributed by atoms with Crippen molar-refractivity contribution in [1.29, 1.82) is 0 Å². The number of unbranched alkanes of at least 4 members (excludes halogenated alkanes) is 11. The van der Waals surface area contributed by atoms with E-state index >= 15 is 0 Å². The Kier molecular flexibility index (Phi) is 16.9. The van der Waals surface area contributed by atoms with Crippen LogP contribution in [0, 0.1) is 0 Å². The Morgan fingerprint density at radius 2 is 1.00 bits per heavy atom. The van der Waals surface area contributed by atoms with Crippen LogP contribution in [-0.4, -0.2) is 11.7 Å². The van der Waals surface area contributed by atoms with Crippen molar-refractivity contribution in [2.75, 3.05) is 6.61 Å². The highest BCUT2D eigenvalue weighted by Crippen LogP contribution is 2.12. The van der Waals surface area contributed by atoms with Crippen molar-refractivity contribution in [3.63, 3.8) is 0 Å². The molecule has 0 saturated carbocycles. The van der Waals surface area contributed by atoms with Crippen LogP contribution in [0.1, 0.15) is 83.5 Å². The van der Waals surface area contributed by atoms with Gasteiger partial charge in [0.25, 0.3) is 0 Å². The summed E-state index contributed by atoms with van der Waals surface area (Å²) in [4.78, 5) is 0. The molecule has 19 heavy (non-hydrogen) atoms. The fraction of sp³-hybridized carbons (Fsp3) is 0.778. The van der Waals surface area contributed by atoms with E-state index < -0.39 is 0 Å². The van der Waals surface area contributed by atoms with E-state index in [2.05, 4.69) is 18.7 Å². The van der Waals surface area contributed by atoms with Gasteiger partial charge in [0, 0.05) is 6.61 Å². The Morgan fingerprint density at radius 3 is 1.47 bits per heavy atom. The van der Waals surface area contributed by atoms with Crippen molar-refractivity contribution in [2.45, 2.75) is 83.5 Å². The van der Waals surface area contributed by atoms with Gasteiger partial charge in [0.05, 0.1) is 0 Å². The minimum atomic E-state index is 0.282. The van der Waals surface area contributed by atoms with Gasteiger partial charge < -0.3 is 5.11 Å². The largest absolute Gasteiger partial charge is 0.396 e. The van der Waals surface area contributed by atoms with Crippen LogP contribution in [0.5, 0.6) is 0 Å². The molecule has 0 bridgehead atoms. The Bertz CT molecular complexity index is 196. The maximum Gasteiger partial charge on any atom is 0.0465 e. The molecule has 0 aromatic rings. The van der Waals surface area contributed by atoms with Gasteiger partial charge in [0.2, 0.25) is 0 Å². The van der Waals surface area contributed by atoms with Crippen molar-refractivity contribution in [1.82, 2.24) is 0 Å². The van der Waals surface area contributed by atoms with E-state index in [0.717, 1.165) is 6.42 Å². The van der Waals surface area contributed by atoms with Crippen molar-refractivity contribution in [3.8, 4) is 0 Å². The van der Waals surface area contributed by atoms with E-state index in [1.165, 1.54) is 77.0 Å². The summed E-state index contributed by atoms with van der Waals surface area (Å²) in [6.07, 6.45) is 23.4. The first-order valence-electron chi connectivity index (χ1n) is 8.28. The van der Waals surface area contributed by atoms with Crippen LogP contribution in [-0.2, 0) is 0 Å². The average Bonchev–Trinajstić information content (AvgIpc) is 2.43. The number of hydrogen-bond acceptors (Lipinski definition) is 1. The standard InChI is InChI=1S/C18H34O/c1-2-3-4-5-6-7-8-9-10-11-12-13-14-15-16-17-18-19/h2,15-16,19H,1,3-14,17-18H2/b16-15-. The SMILES string of the molecule is C=CCCCCCCCCCCCC/C=C\CCO. The Morgan fingerprint density at radius 1 is 0.579 bits per heavy atom. The van der Waals surface area contributed by atoms with Crippen LogP contribution in [0.3, 0.4) is 0 Å². The molecule has 0 amide bonds. The van der Waals surface area contributed by atoms with Crippen molar-refractivity contribution in [2.24, 2.45) is 0 Å². The summed E-state index contributed by atoms with van der Waals surface area (Å²) in [5, 5.41) is 8.61. The maximum atomic E-state index is 8.61. The van der Waals surface area contributed by atoms with Crippen LogP contribution in [0.2, 0.25) is 0 Å². The summed E-state index contributed by atoms with van der Waals surface area (Å²) >= 11 is 0. The third-order valence-corrected chi connectivity index (χ3v) is 3.49. The third-order valence-electron chi connectivity index (χ3n) is 3.49. The first-order chi connectivity index (χ1) is 9.41. The van der Waals surface area contributed by atoms with E-state index in [1.807, 2.05) is 6.08 Å². The zero-order chi connectivity index (χ0) is 14.0. The summed E-state index contributed by atoms with van der Waals surface area (Å²) in [5.41, 5.74) is 0. The van der Waals surface area contributed by atoms with Crippen LogP contribution in [0.25, 0.3) is 0 Å². The van der Waals surface area contributed by atoms with E-state index in [-0.39, 0.29) is 6.61 Å². The summed E-state index contributed by atoms with van der Waals surface area (Å²) < 4.78 is 0. The van der Waals surface area contributed by atoms with E-state index in [0.29, 0.717) is 0 Å². The molecular weight excluding hydrogens is 232 g/mol. The van der Waals surface area contributed by atoms with Crippen molar-refractivity contribution in [3.05, 3.63) is 24.8 Å². The molecule has 1 N–H and O–H groups in total. The molecule has 0 radical (unpaired) electrons. The smallest absolute Gasteiger partial charge is 0.0465 e. The molecular formula is C18H34O. The normalized spacial score (nSPS) is 11.2. The molecule has 0 unspecified atom stereocenters. The highest BCUT2D eigenvalue weighted by molar-refractivity contribution is 4.80. The lowest BCUT2D eigenvalue weighted by Gasteiger charge is -2.01. The topological polar surface area (TPSA) is 20.2 Å². The van der Waals surface area contributed by atoms with Crippen LogP contribution in [0.4, 0.5) is 0 Å². The quantitative estimate of drug-likeness (QED) is 0.294.